The molecule has 0 aliphatic carbocycles. The molecule has 1 rings (SSSR count). The number of carboxylic acid groups (broad SMARTS) is 1. The zero-order valence-electron chi connectivity index (χ0n) is 9.79. The first-order chi connectivity index (χ1) is 8.54. The summed E-state index contributed by atoms with van der Waals surface area (Å²) in [4.78, 5) is 24.9. The predicted molar refractivity (Wildman–Crippen MR) is 68.2 cm³/mol. The van der Waals surface area contributed by atoms with Crippen LogP contribution >= 0.6 is 11.3 Å². The average Bonchev–Trinajstić information content (AvgIpc) is 2.81. The van der Waals surface area contributed by atoms with Gasteiger partial charge < -0.3 is 10.0 Å². The molecule has 0 saturated heterocycles. The number of thiophene rings is 1. The molecule has 1 aromatic heterocycles. The summed E-state index contributed by atoms with van der Waals surface area (Å²) in [6.45, 7) is 0.382. The smallest absolute Gasteiger partial charge is 0.328 e. The van der Waals surface area contributed by atoms with Crippen molar-refractivity contribution in [2.24, 2.45) is 0 Å². The summed E-state index contributed by atoms with van der Waals surface area (Å²) < 4.78 is 0. The Morgan fingerprint density at radius 1 is 1.56 bits per heavy atom. The monoisotopic (exact) mass is 264 g/mol. The molecular formula is C12H12N2O3S. The van der Waals surface area contributed by atoms with Crippen molar-refractivity contribution in [2.45, 2.75) is 6.42 Å². The van der Waals surface area contributed by atoms with Crippen molar-refractivity contribution in [3.63, 3.8) is 0 Å². The van der Waals surface area contributed by atoms with Gasteiger partial charge in [-0.3, -0.25) is 4.79 Å². The van der Waals surface area contributed by atoms with E-state index in [9.17, 15) is 9.59 Å². The van der Waals surface area contributed by atoms with Crippen molar-refractivity contribution in [1.82, 2.24) is 4.90 Å². The predicted octanol–water partition coefficient (Wildman–Crippen LogP) is 1.83. The zero-order valence-corrected chi connectivity index (χ0v) is 10.6. The van der Waals surface area contributed by atoms with Crippen molar-refractivity contribution in [2.75, 3.05) is 13.6 Å². The molecule has 94 valence electrons. The van der Waals surface area contributed by atoms with Crippen LogP contribution in [-0.4, -0.2) is 35.5 Å². The average molecular weight is 264 g/mol. The van der Waals surface area contributed by atoms with Gasteiger partial charge in [0.2, 0.25) is 0 Å². The van der Waals surface area contributed by atoms with E-state index in [2.05, 4.69) is 0 Å². The summed E-state index contributed by atoms with van der Waals surface area (Å²) >= 11 is 1.22. The van der Waals surface area contributed by atoms with E-state index in [4.69, 9.17) is 10.4 Å². The van der Waals surface area contributed by atoms with Gasteiger partial charge in [-0.05, 0) is 18.2 Å². The van der Waals surface area contributed by atoms with Crippen LogP contribution in [0.25, 0.3) is 6.08 Å². The van der Waals surface area contributed by atoms with Crippen molar-refractivity contribution < 1.29 is 14.7 Å². The molecule has 0 unspecified atom stereocenters. The SMILES string of the molecule is CN(CCC#N)C(=O)c1ccc(C=CC(=O)O)s1. The minimum atomic E-state index is -1.03. The van der Waals surface area contributed by atoms with Gasteiger partial charge in [0.1, 0.15) is 0 Å². The number of rotatable bonds is 5. The number of nitriles is 1. The van der Waals surface area contributed by atoms with Gasteiger partial charge in [0.25, 0.3) is 5.91 Å². The van der Waals surface area contributed by atoms with Gasteiger partial charge >= 0.3 is 5.97 Å². The Kier molecular flexibility index (Phi) is 5.08. The van der Waals surface area contributed by atoms with Gasteiger partial charge in [0.05, 0.1) is 17.4 Å². The number of carbonyl (C=O) groups excluding carboxylic acids is 1. The molecule has 1 amide bonds. The number of carboxylic acids is 1. The summed E-state index contributed by atoms with van der Waals surface area (Å²) in [5.74, 6) is -1.19. The molecule has 1 heterocycles. The van der Waals surface area contributed by atoms with Crippen LogP contribution in [0.5, 0.6) is 0 Å². The lowest BCUT2D eigenvalue weighted by Crippen LogP contribution is -2.26. The second kappa shape index (κ2) is 6.57. The fourth-order valence-electron chi connectivity index (χ4n) is 1.22. The molecule has 0 aromatic carbocycles. The van der Waals surface area contributed by atoms with Gasteiger partial charge in [-0.15, -0.1) is 11.3 Å². The summed E-state index contributed by atoms with van der Waals surface area (Å²) in [5, 5.41) is 16.9. The second-order valence-corrected chi connectivity index (χ2v) is 4.62. The summed E-state index contributed by atoms with van der Waals surface area (Å²) in [5.41, 5.74) is 0. The van der Waals surface area contributed by atoms with E-state index in [0.29, 0.717) is 22.7 Å². The maximum absolute atomic E-state index is 11.9. The molecule has 6 heteroatoms. The molecule has 0 fully saturated rings. The van der Waals surface area contributed by atoms with Crippen LogP contribution in [-0.2, 0) is 4.79 Å². The van der Waals surface area contributed by atoms with Gasteiger partial charge in [-0.1, -0.05) is 0 Å². The van der Waals surface area contributed by atoms with Crippen molar-refractivity contribution in [1.29, 1.82) is 5.26 Å². The first-order valence-electron chi connectivity index (χ1n) is 5.18. The van der Waals surface area contributed by atoms with Crippen molar-refractivity contribution in [3.8, 4) is 6.07 Å². The van der Waals surface area contributed by atoms with Gasteiger partial charge in [-0.25, -0.2) is 4.79 Å². The van der Waals surface area contributed by atoms with Crippen LogP contribution in [0.4, 0.5) is 0 Å². The third-order valence-corrected chi connectivity index (χ3v) is 3.17. The molecule has 5 nitrogen and oxygen atoms in total. The van der Waals surface area contributed by atoms with Gasteiger partial charge in [0.15, 0.2) is 0 Å². The van der Waals surface area contributed by atoms with E-state index in [1.54, 1.807) is 19.2 Å². The van der Waals surface area contributed by atoms with Gasteiger partial charge in [0, 0.05) is 24.5 Å². The Balaban J connectivity index is 2.71. The Bertz CT molecular complexity index is 514. The quantitative estimate of drug-likeness (QED) is 0.822. The fourth-order valence-corrected chi connectivity index (χ4v) is 2.12. The lowest BCUT2D eigenvalue weighted by Gasteiger charge is -2.13. The summed E-state index contributed by atoms with van der Waals surface area (Å²) in [6.07, 6.45) is 2.76. The highest BCUT2D eigenvalue weighted by Gasteiger charge is 2.13. The Morgan fingerprint density at radius 3 is 2.89 bits per heavy atom. The van der Waals surface area contributed by atoms with Crippen LogP contribution in [0.15, 0.2) is 18.2 Å². The van der Waals surface area contributed by atoms with E-state index in [0.717, 1.165) is 6.08 Å². The number of nitrogens with zero attached hydrogens (tertiary/aromatic N) is 2. The molecule has 0 radical (unpaired) electrons. The molecule has 1 N–H and O–H groups in total. The molecule has 0 atom stereocenters. The number of amides is 1. The third-order valence-electron chi connectivity index (χ3n) is 2.13. The van der Waals surface area contributed by atoms with E-state index in [1.165, 1.54) is 22.3 Å². The summed E-state index contributed by atoms with van der Waals surface area (Å²) in [6, 6.07) is 5.32. The lowest BCUT2D eigenvalue weighted by molar-refractivity contribution is -0.131. The topological polar surface area (TPSA) is 81.4 Å². The van der Waals surface area contributed by atoms with Crippen LogP contribution in [0.2, 0.25) is 0 Å². The van der Waals surface area contributed by atoms with Crippen molar-refractivity contribution in [3.05, 3.63) is 28.0 Å². The molecule has 0 aliphatic rings. The summed E-state index contributed by atoms with van der Waals surface area (Å²) in [7, 11) is 1.63. The zero-order chi connectivity index (χ0) is 13.5. The standard InChI is InChI=1S/C12H12N2O3S/c1-14(8-2-7-13)12(17)10-5-3-9(18-10)4-6-11(15)16/h3-6H,2,8H2,1H3,(H,15,16). The lowest BCUT2D eigenvalue weighted by atomic mass is 10.3. The highest BCUT2D eigenvalue weighted by Crippen LogP contribution is 2.19. The van der Waals surface area contributed by atoms with E-state index in [-0.39, 0.29) is 5.91 Å². The maximum atomic E-state index is 11.9. The number of hydrogen-bond acceptors (Lipinski definition) is 4. The fraction of sp³-hybridized carbons (Fsp3) is 0.250. The molecule has 0 aliphatic heterocycles. The first kappa shape index (κ1) is 13.9. The normalized spacial score (nSPS) is 10.2. The second-order valence-electron chi connectivity index (χ2n) is 3.51. The van der Waals surface area contributed by atoms with E-state index < -0.39 is 5.97 Å². The number of carbonyl (C=O) groups is 2. The highest BCUT2D eigenvalue weighted by molar-refractivity contribution is 7.14. The third kappa shape index (κ3) is 4.03. The molecule has 0 bridgehead atoms. The Labute approximate surface area is 109 Å². The largest absolute Gasteiger partial charge is 0.478 e. The first-order valence-corrected chi connectivity index (χ1v) is 5.99. The van der Waals surface area contributed by atoms with Crippen LogP contribution in [0.1, 0.15) is 21.0 Å². The minimum absolute atomic E-state index is 0.162. The van der Waals surface area contributed by atoms with Gasteiger partial charge in [-0.2, -0.15) is 5.26 Å². The Hall–Kier alpha value is -2.13. The Morgan fingerprint density at radius 2 is 2.28 bits per heavy atom. The molecule has 0 saturated carbocycles. The molecular weight excluding hydrogens is 252 g/mol. The van der Waals surface area contributed by atoms with Crippen LogP contribution in [0.3, 0.4) is 0 Å². The number of aliphatic carboxylic acids is 1. The van der Waals surface area contributed by atoms with Crippen LogP contribution in [0, 0.1) is 11.3 Å². The molecule has 18 heavy (non-hydrogen) atoms. The minimum Gasteiger partial charge on any atom is -0.478 e. The van der Waals surface area contributed by atoms with Crippen LogP contribution < -0.4 is 0 Å². The van der Waals surface area contributed by atoms with E-state index in [1.807, 2.05) is 6.07 Å². The maximum Gasteiger partial charge on any atom is 0.328 e. The van der Waals surface area contributed by atoms with E-state index >= 15 is 0 Å². The molecule has 1 aromatic rings. The number of hydrogen-bond donors (Lipinski definition) is 1. The molecule has 0 spiro atoms. The highest BCUT2D eigenvalue weighted by atomic mass is 32.1. The van der Waals surface area contributed by atoms with Crippen molar-refractivity contribution >= 4 is 29.3 Å².